The van der Waals surface area contributed by atoms with Gasteiger partial charge in [0.25, 0.3) is 5.91 Å². The summed E-state index contributed by atoms with van der Waals surface area (Å²) in [4.78, 5) is 18.9. The van der Waals surface area contributed by atoms with Crippen LogP contribution in [0.3, 0.4) is 0 Å². The largest absolute Gasteiger partial charge is 0.497 e. The van der Waals surface area contributed by atoms with Gasteiger partial charge in [-0.3, -0.25) is 9.69 Å². The molecule has 0 radical (unpaired) electrons. The van der Waals surface area contributed by atoms with Crippen molar-refractivity contribution in [2.24, 2.45) is 0 Å². The molecule has 1 aliphatic heterocycles. The maximum atomic E-state index is 15.0. The van der Waals surface area contributed by atoms with Gasteiger partial charge in [0.05, 0.1) is 12.7 Å². The standard InChI is InChI=1S/C23H18FN5O2/c1-31-17-9-7-16(8-10-17)29-22(27-20-5-3-2-4-18(20)23(29)30)15-6-11-21(19(24)12-15)28-14-25-13-26-28/h2-14,22,27H,1H3/t22-/m0/s1. The number of benzene rings is 3. The zero-order valence-corrected chi connectivity index (χ0v) is 16.6. The van der Waals surface area contributed by atoms with E-state index in [4.69, 9.17) is 4.74 Å². The van der Waals surface area contributed by atoms with Crippen molar-refractivity contribution in [3.63, 3.8) is 0 Å². The van der Waals surface area contributed by atoms with Crippen LogP contribution in [0.1, 0.15) is 22.1 Å². The van der Waals surface area contributed by atoms with Crippen LogP contribution in [0.2, 0.25) is 0 Å². The van der Waals surface area contributed by atoms with Gasteiger partial charge < -0.3 is 10.1 Å². The molecule has 1 aliphatic rings. The summed E-state index contributed by atoms with van der Waals surface area (Å²) in [7, 11) is 1.58. The molecule has 8 heteroatoms. The molecule has 1 N–H and O–H groups in total. The second-order valence-corrected chi connectivity index (χ2v) is 7.02. The molecule has 0 unspecified atom stereocenters. The fourth-order valence-corrected chi connectivity index (χ4v) is 3.71. The molecule has 0 saturated carbocycles. The van der Waals surface area contributed by atoms with E-state index in [9.17, 15) is 9.18 Å². The second-order valence-electron chi connectivity index (χ2n) is 7.02. The Kier molecular flexibility index (Phi) is 4.59. The number of ether oxygens (including phenoxy) is 1. The maximum absolute atomic E-state index is 15.0. The summed E-state index contributed by atoms with van der Waals surface area (Å²) in [5.74, 6) is 0.0393. The van der Waals surface area contributed by atoms with Crippen molar-refractivity contribution in [2.75, 3.05) is 17.3 Å². The molecule has 7 nitrogen and oxygen atoms in total. The molecule has 0 fully saturated rings. The zero-order valence-electron chi connectivity index (χ0n) is 16.6. The molecule has 3 aromatic carbocycles. The van der Waals surface area contributed by atoms with Crippen LogP contribution in [0.5, 0.6) is 5.75 Å². The predicted octanol–water partition coefficient (Wildman–Crippen LogP) is 4.19. The summed E-state index contributed by atoms with van der Waals surface area (Å²) in [5, 5.41) is 7.36. The lowest BCUT2D eigenvalue weighted by molar-refractivity contribution is 0.0975. The highest BCUT2D eigenvalue weighted by molar-refractivity contribution is 6.12. The number of methoxy groups -OCH3 is 1. The third-order valence-corrected chi connectivity index (χ3v) is 5.23. The maximum Gasteiger partial charge on any atom is 0.262 e. The number of hydrogen-bond donors (Lipinski definition) is 1. The molecular weight excluding hydrogens is 397 g/mol. The second kappa shape index (κ2) is 7.56. The summed E-state index contributed by atoms with van der Waals surface area (Å²) >= 11 is 0. The smallest absolute Gasteiger partial charge is 0.262 e. The van der Waals surface area contributed by atoms with Crippen molar-refractivity contribution in [2.45, 2.75) is 6.17 Å². The molecule has 2 heterocycles. The van der Waals surface area contributed by atoms with Crippen LogP contribution in [-0.4, -0.2) is 27.8 Å². The van der Waals surface area contributed by atoms with Crippen LogP contribution < -0.4 is 15.0 Å². The molecule has 1 aromatic heterocycles. The Hall–Kier alpha value is -4.20. The minimum Gasteiger partial charge on any atom is -0.497 e. The van der Waals surface area contributed by atoms with Gasteiger partial charge >= 0.3 is 0 Å². The van der Waals surface area contributed by atoms with Crippen molar-refractivity contribution in [3.05, 3.63) is 96.3 Å². The number of para-hydroxylation sites is 1. The summed E-state index contributed by atoms with van der Waals surface area (Å²) in [6.07, 6.45) is 2.17. The number of halogens is 1. The summed E-state index contributed by atoms with van der Waals surface area (Å²) in [5.41, 5.74) is 2.79. The summed E-state index contributed by atoms with van der Waals surface area (Å²) in [6, 6.07) is 19.3. The molecule has 31 heavy (non-hydrogen) atoms. The van der Waals surface area contributed by atoms with E-state index in [1.807, 2.05) is 18.2 Å². The molecule has 1 amide bonds. The lowest BCUT2D eigenvalue weighted by atomic mass is 10.0. The van der Waals surface area contributed by atoms with E-state index in [0.29, 0.717) is 28.3 Å². The van der Waals surface area contributed by atoms with Gasteiger partial charge in [0, 0.05) is 11.4 Å². The van der Waals surface area contributed by atoms with Gasteiger partial charge in [-0.15, -0.1) is 0 Å². The number of aromatic nitrogens is 3. The van der Waals surface area contributed by atoms with Gasteiger partial charge in [-0.2, -0.15) is 5.10 Å². The van der Waals surface area contributed by atoms with Crippen molar-refractivity contribution in [3.8, 4) is 11.4 Å². The fraction of sp³-hybridized carbons (Fsp3) is 0.0870. The Labute approximate surface area is 177 Å². The number of carbonyl (C=O) groups is 1. The molecule has 4 aromatic rings. The Morgan fingerprint density at radius 3 is 2.58 bits per heavy atom. The third-order valence-electron chi connectivity index (χ3n) is 5.23. The van der Waals surface area contributed by atoms with E-state index in [1.54, 1.807) is 54.5 Å². The van der Waals surface area contributed by atoms with E-state index < -0.39 is 12.0 Å². The highest BCUT2D eigenvalue weighted by Crippen LogP contribution is 2.37. The molecular formula is C23H18FN5O2. The first-order chi connectivity index (χ1) is 15.2. The van der Waals surface area contributed by atoms with Crippen molar-refractivity contribution >= 4 is 17.3 Å². The van der Waals surface area contributed by atoms with Crippen LogP contribution >= 0.6 is 0 Å². The number of fused-ring (bicyclic) bond motifs is 1. The Morgan fingerprint density at radius 1 is 1.06 bits per heavy atom. The van der Waals surface area contributed by atoms with E-state index >= 15 is 0 Å². The monoisotopic (exact) mass is 415 g/mol. The number of carbonyl (C=O) groups excluding carboxylic acids is 1. The molecule has 154 valence electrons. The number of nitrogens with zero attached hydrogens (tertiary/aromatic N) is 4. The Balaban J connectivity index is 1.60. The van der Waals surface area contributed by atoms with Crippen LogP contribution in [0.15, 0.2) is 79.4 Å². The van der Waals surface area contributed by atoms with Crippen LogP contribution in [0, 0.1) is 5.82 Å². The highest BCUT2D eigenvalue weighted by Gasteiger charge is 2.34. The van der Waals surface area contributed by atoms with Crippen molar-refractivity contribution < 1.29 is 13.9 Å². The lowest BCUT2D eigenvalue weighted by Gasteiger charge is -2.38. The SMILES string of the molecule is COc1ccc(N2C(=O)c3ccccc3N[C@@H]2c2ccc(-n3cncn3)c(F)c2)cc1. The number of anilines is 2. The minimum absolute atomic E-state index is 0.176. The van der Waals surface area contributed by atoms with Gasteiger partial charge in [-0.25, -0.2) is 14.1 Å². The van der Waals surface area contributed by atoms with Crippen LogP contribution in [0.25, 0.3) is 5.69 Å². The number of nitrogens with one attached hydrogen (secondary N) is 1. The van der Waals surface area contributed by atoms with Crippen LogP contribution in [-0.2, 0) is 0 Å². The molecule has 0 aliphatic carbocycles. The first-order valence-corrected chi connectivity index (χ1v) is 9.63. The van der Waals surface area contributed by atoms with E-state index in [-0.39, 0.29) is 11.6 Å². The Morgan fingerprint density at radius 2 is 1.87 bits per heavy atom. The average Bonchev–Trinajstić information content (AvgIpc) is 3.34. The molecule has 0 saturated heterocycles. The Bertz CT molecular complexity index is 1240. The summed E-state index contributed by atoms with van der Waals surface area (Å²) < 4.78 is 21.5. The van der Waals surface area contributed by atoms with Crippen molar-refractivity contribution in [1.29, 1.82) is 0 Å². The topological polar surface area (TPSA) is 72.3 Å². The molecule has 5 rings (SSSR count). The summed E-state index contributed by atoms with van der Waals surface area (Å²) in [6.45, 7) is 0. The normalized spacial score (nSPS) is 15.4. The highest BCUT2D eigenvalue weighted by atomic mass is 19.1. The molecule has 1 atom stereocenters. The molecule has 0 spiro atoms. The third kappa shape index (κ3) is 3.28. The van der Waals surface area contributed by atoms with Gasteiger partial charge in [-0.05, 0) is 54.1 Å². The van der Waals surface area contributed by atoms with Crippen molar-refractivity contribution in [1.82, 2.24) is 14.8 Å². The zero-order chi connectivity index (χ0) is 21.4. The first kappa shape index (κ1) is 18.8. The average molecular weight is 415 g/mol. The first-order valence-electron chi connectivity index (χ1n) is 9.63. The number of rotatable bonds is 4. The van der Waals surface area contributed by atoms with Crippen LogP contribution in [0.4, 0.5) is 15.8 Å². The predicted molar refractivity (Wildman–Crippen MR) is 114 cm³/mol. The van der Waals surface area contributed by atoms with Gasteiger partial charge in [0.1, 0.15) is 36.1 Å². The van der Waals surface area contributed by atoms with E-state index in [2.05, 4.69) is 15.4 Å². The quantitative estimate of drug-likeness (QED) is 0.541. The minimum atomic E-state index is -0.602. The molecule has 0 bridgehead atoms. The number of amides is 1. The number of hydrogen-bond acceptors (Lipinski definition) is 5. The van der Waals surface area contributed by atoms with Gasteiger partial charge in [0.2, 0.25) is 0 Å². The van der Waals surface area contributed by atoms with E-state index in [1.165, 1.54) is 23.4 Å². The fourth-order valence-electron chi connectivity index (χ4n) is 3.71. The lowest BCUT2D eigenvalue weighted by Crippen LogP contribution is -2.43. The van der Waals surface area contributed by atoms with Gasteiger partial charge in [-0.1, -0.05) is 18.2 Å². The van der Waals surface area contributed by atoms with E-state index in [0.717, 1.165) is 0 Å². The van der Waals surface area contributed by atoms with Gasteiger partial charge in [0.15, 0.2) is 0 Å².